The summed E-state index contributed by atoms with van der Waals surface area (Å²) in [4.78, 5) is 54.5. The van der Waals surface area contributed by atoms with Gasteiger partial charge in [-0.15, -0.1) is 0 Å². The molecule has 3 aromatic rings. The summed E-state index contributed by atoms with van der Waals surface area (Å²) in [6.45, 7) is 3.49. The molecule has 152 valence electrons. The first-order valence-corrected chi connectivity index (χ1v) is 10.0. The molecule has 2 amide bonds. The summed E-state index contributed by atoms with van der Waals surface area (Å²) in [6.07, 6.45) is 0. The van der Waals surface area contributed by atoms with Gasteiger partial charge in [-0.05, 0) is 43.7 Å². The topological polar surface area (TPSA) is 106 Å². The Kier molecular flexibility index (Phi) is 5.04. The average Bonchev–Trinajstić information content (AvgIpc) is 3.22. The lowest BCUT2D eigenvalue weighted by Gasteiger charge is -2.17. The zero-order valence-electron chi connectivity index (χ0n) is 16.2. The number of ketones is 1. The third-order valence-corrected chi connectivity index (χ3v) is 5.57. The van der Waals surface area contributed by atoms with Crippen LogP contribution in [-0.4, -0.2) is 41.7 Å². The van der Waals surface area contributed by atoms with Crippen LogP contribution in [0.1, 0.15) is 33.2 Å². The number of anilines is 2. The molecule has 0 unspecified atom stereocenters. The van der Waals surface area contributed by atoms with Crippen LogP contribution in [0.5, 0.6) is 0 Å². The van der Waals surface area contributed by atoms with Crippen LogP contribution >= 0.6 is 11.3 Å². The molecule has 9 heteroatoms. The van der Waals surface area contributed by atoms with Gasteiger partial charge < -0.3 is 10.1 Å². The minimum Gasteiger partial charge on any atom is -0.462 e. The van der Waals surface area contributed by atoms with Gasteiger partial charge in [0.25, 0.3) is 11.7 Å². The van der Waals surface area contributed by atoms with Crippen LogP contribution in [0.15, 0.2) is 36.4 Å². The van der Waals surface area contributed by atoms with Crippen molar-refractivity contribution in [3.63, 3.8) is 0 Å². The van der Waals surface area contributed by atoms with E-state index in [1.165, 1.54) is 16.2 Å². The number of rotatable bonds is 5. The van der Waals surface area contributed by atoms with E-state index in [-0.39, 0.29) is 13.2 Å². The second-order valence-corrected chi connectivity index (χ2v) is 7.69. The number of hydrogen-bond donors (Lipinski definition) is 1. The van der Waals surface area contributed by atoms with Crippen molar-refractivity contribution in [3.8, 4) is 0 Å². The summed E-state index contributed by atoms with van der Waals surface area (Å²) in [5.41, 5.74) is 2.53. The van der Waals surface area contributed by atoms with E-state index in [4.69, 9.17) is 4.74 Å². The number of aryl methyl sites for hydroxylation is 1. The summed E-state index contributed by atoms with van der Waals surface area (Å²) in [5, 5.41) is 3.00. The van der Waals surface area contributed by atoms with Crippen molar-refractivity contribution < 1.29 is 23.9 Å². The normalized spacial score (nSPS) is 12.9. The molecule has 30 heavy (non-hydrogen) atoms. The highest BCUT2D eigenvalue weighted by atomic mass is 32.1. The van der Waals surface area contributed by atoms with Crippen LogP contribution in [0, 0.1) is 6.92 Å². The molecular formula is C21H17N3O5S. The van der Waals surface area contributed by atoms with E-state index < -0.39 is 23.6 Å². The first kappa shape index (κ1) is 19.7. The van der Waals surface area contributed by atoms with Gasteiger partial charge in [-0.1, -0.05) is 23.5 Å². The van der Waals surface area contributed by atoms with Crippen molar-refractivity contribution in [2.45, 2.75) is 13.8 Å². The van der Waals surface area contributed by atoms with Gasteiger partial charge in [-0.2, -0.15) is 0 Å². The molecule has 8 nitrogen and oxygen atoms in total. The fourth-order valence-electron chi connectivity index (χ4n) is 3.31. The molecule has 1 aromatic heterocycles. The predicted molar refractivity (Wildman–Crippen MR) is 112 cm³/mol. The number of ether oxygens (including phenoxy) is 1. The van der Waals surface area contributed by atoms with Gasteiger partial charge in [-0.25, -0.2) is 9.78 Å². The zero-order valence-corrected chi connectivity index (χ0v) is 17.0. The highest BCUT2D eigenvalue weighted by Gasteiger charge is 2.37. The first-order valence-electron chi connectivity index (χ1n) is 9.22. The summed E-state index contributed by atoms with van der Waals surface area (Å²) >= 11 is 1.20. The van der Waals surface area contributed by atoms with E-state index in [1.54, 1.807) is 50.2 Å². The Balaban J connectivity index is 1.52. The maximum absolute atomic E-state index is 12.6. The van der Waals surface area contributed by atoms with Crippen molar-refractivity contribution >= 4 is 55.9 Å². The third kappa shape index (κ3) is 3.43. The smallest absolute Gasteiger partial charge is 0.338 e. The number of nitrogens with zero attached hydrogens (tertiary/aromatic N) is 2. The molecule has 4 rings (SSSR count). The molecular weight excluding hydrogens is 406 g/mol. The molecule has 1 aliphatic rings. The molecule has 0 atom stereocenters. The van der Waals surface area contributed by atoms with Crippen LogP contribution in [0.3, 0.4) is 0 Å². The number of para-hydroxylation sites is 1. The highest BCUT2D eigenvalue weighted by Crippen LogP contribution is 2.32. The zero-order chi connectivity index (χ0) is 21.4. The molecule has 1 aliphatic heterocycles. The number of aromatic nitrogens is 1. The molecule has 0 spiro atoms. The van der Waals surface area contributed by atoms with Crippen molar-refractivity contribution in [2.75, 3.05) is 23.4 Å². The minimum absolute atomic E-state index is 0.279. The molecule has 0 saturated carbocycles. The lowest BCUT2D eigenvalue weighted by Crippen LogP contribution is -2.37. The molecule has 0 radical (unpaired) electrons. The second-order valence-electron chi connectivity index (χ2n) is 6.66. The Morgan fingerprint density at radius 2 is 2.00 bits per heavy atom. The number of carbonyl (C=O) groups excluding carboxylic acids is 4. The summed E-state index contributed by atoms with van der Waals surface area (Å²) in [5.74, 6) is -2.24. The first-order chi connectivity index (χ1) is 14.4. The Morgan fingerprint density at radius 1 is 1.20 bits per heavy atom. The van der Waals surface area contributed by atoms with Crippen LogP contribution < -0.4 is 10.2 Å². The number of hydrogen-bond acceptors (Lipinski definition) is 7. The van der Waals surface area contributed by atoms with E-state index in [9.17, 15) is 19.2 Å². The molecule has 2 aromatic carbocycles. The average molecular weight is 423 g/mol. The van der Waals surface area contributed by atoms with Gasteiger partial charge >= 0.3 is 5.97 Å². The maximum Gasteiger partial charge on any atom is 0.338 e. The Hall–Kier alpha value is -3.59. The van der Waals surface area contributed by atoms with E-state index in [2.05, 4.69) is 10.3 Å². The molecule has 1 N–H and O–H groups in total. The molecule has 2 heterocycles. The summed E-state index contributed by atoms with van der Waals surface area (Å²) < 4.78 is 5.70. The summed E-state index contributed by atoms with van der Waals surface area (Å²) in [7, 11) is 0. The second kappa shape index (κ2) is 7.68. The lowest BCUT2D eigenvalue weighted by atomic mass is 10.1. The Bertz CT molecular complexity index is 1220. The van der Waals surface area contributed by atoms with E-state index in [0.717, 1.165) is 5.56 Å². The molecule has 0 saturated heterocycles. The van der Waals surface area contributed by atoms with Crippen molar-refractivity contribution in [1.82, 2.24) is 4.98 Å². The largest absolute Gasteiger partial charge is 0.462 e. The van der Waals surface area contributed by atoms with E-state index >= 15 is 0 Å². The molecule has 0 aliphatic carbocycles. The van der Waals surface area contributed by atoms with E-state index in [0.29, 0.717) is 32.2 Å². The molecule has 0 fully saturated rings. The molecule has 0 bridgehead atoms. The number of amides is 2. The SMILES string of the molecule is CCOC(=O)c1ccc2nc(NC(=O)CN3C(=O)C(=O)c4cccc(C)c43)sc2c1. The number of esters is 1. The van der Waals surface area contributed by atoms with Crippen LogP contribution in [-0.2, 0) is 14.3 Å². The number of benzene rings is 2. The van der Waals surface area contributed by atoms with Gasteiger partial charge in [0.15, 0.2) is 5.13 Å². The number of fused-ring (bicyclic) bond motifs is 2. The van der Waals surface area contributed by atoms with E-state index in [1.807, 2.05) is 0 Å². The third-order valence-electron chi connectivity index (χ3n) is 4.64. The Morgan fingerprint density at radius 3 is 2.77 bits per heavy atom. The van der Waals surface area contributed by atoms with Crippen molar-refractivity contribution in [3.05, 3.63) is 53.1 Å². The standard InChI is InChI=1S/C21H17N3O5S/c1-3-29-20(28)12-7-8-14-15(9-12)30-21(22-14)23-16(25)10-24-17-11(2)5-4-6-13(17)18(26)19(24)27/h4-9H,3,10H2,1-2H3,(H,22,23,25). The van der Waals surface area contributed by atoms with Gasteiger partial charge in [0, 0.05) is 0 Å². The number of Topliss-reactive ketones (excluding diaryl/α,β-unsaturated/α-hetero) is 1. The lowest BCUT2D eigenvalue weighted by molar-refractivity contribution is -0.118. The number of carbonyl (C=O) groups is 4. The number of nitrogens with one attached hydrogen (secondary N) is 1. The van der Waals surface area contributed by atoms with Crippen LogP contribution in [0.2, 0.25) is 0 Å². The van der Waals surface area contributed by atoms with Crippen molar-refractivity contribution in [1.29, 1.82) is 0 Å². The van der Waals surface area contributed by atoms with Gasteiger partial charge in [0.1, 0.15) is 6.54 Å². The van der Waals surface area contributed by atoms with Gasteiger partial charge in [0.05, 0.1) is 33.6 Å². The predicted octanol–water partition coefficient (Wildman–Crippen LogP) is 2.95. The fourth-order valence-corrected chi connectivity index (χ4v) is 4.23. The van der Waals surface area contributed by atoms with Crippen LogP contribution in [0.25, 0.3) is 10.2 Å². The number of thiazole rings is 1. The minimum atomic E-state index is -0.724. The highest BCUT2D eigenvalue weighted by molar-refractivity contribution is 7.22. The fraction of sp³-hybridized carbons (Fsp3) is 0.190. The van der Waals surface area contributed by atoms with Crippen molar-refractivity contribution in [2.24, 2.45) is 0 Å². The monoisotopic (exact) mass is 423 g/mol. The maximum atomic E-state index is 12.6. The van der Waals surface area contributed by atoms with Gasteiger partial charge in [-0.3, -0.25) is 19.3 Å². The van der Waals surface area contributed by atoms with Gasteiger partial charge in [0.2, 0.25) is 5.91 Å². The Labute approximate surface area is 175 Å². The quantitative estimate of drug-likeness (QED) is 0.500. The van der Waals surface area contributed by atoms with Crippen LogP contribution in [0.4, 0.5) is 10.8 Å². The summed E-state index contributed by atoms with van der Waals surface area (Å²) in [6, 6.07) is 10.0.